The molecule has 0 radical (unpaired) electrons. The molecular weight excluding hydrogens is 196 g/mol. The third-order valence-corrected chi connectivity index (χ3v) is 3.21. The minimum atomic E-state index is 0.344. The van der Waals surface area contributed by atoms with E-state index in [0.29, 0.717) is 5.41 Å². The van der Waals surface area contributed by atoms with Crippen LogP contribution in [0.25, 0.3) is 0 Å². The monoisotopic (exact) mass is 218 g/mol. The molecule has 16 heavy (non-hydrogen) atoms. The first-order valence-electron chi connectivity index (χ1n) is 6.04. The predicted octanol–water partition coefficient (Wildman–Crippen LogP) is 2.25. The number of benzene rings is 1. The second-order valence-electron chi connectivity index (χ2n) is 5.61. The Bertz CT molecular complexity index is 333. The summed E-state index contributed by atoms with van der Waals surface area (Å²) in [4.78, 5) is 2.54. The molecule has 88 valence electrons. The lowest BCUT2D eigenvalue weighted by atomic mass is 9.93. The summed E-state index contributed by atoms with van der Waals surface area (Å²) >= 11 is 0. The van der Waals surface area contributed by atoms with Crippen molar-refractivity contribution in [3.63, 3.8) is 0 Å². The number of fused-ring (bicyclic) bond motifs is 1. The van der Waals surface area contributed by atoms with Crippen molar-refractivity contribution in [1.82, 2.24) is 10.2 Å². The van der Waals surface area contributed by atoms with Crippen LogP contribution in [0, 0.1) is 5.41 Å². The van der Waals surface area contributed by atoms with Gasteiger partial charge in [0.25, 0.3) is 0 Å². The normalized spacial score (nSPS) is 16.4. The highest BCUT2D eigenvalue weighted by atomic mass is 15.1. The molecule has 0 saturated carbocycles. The number of rotatable bonds is 4. The van der Waals surface area contributed by atoms with Gasteiger partial charge in [-0.15, -0.1) is 0 Å². The zero-order valence-corrected chi connectivity index (χ0v) is 10.6. The number of hydrogen-bond acceptors (Lipinski definition) is 2. The molecule has 1 aromatic carbocycles. The van der Waals surface area contributed by atoms with Crippen molar-refractivity contribution in [2.24, 2.45) is 5.41 Å². The lowest BCUT2D eigenvalue weighted by Crippen LogP contribution is -2.37. The molecule has 0 saturated heterocycles. The zero-order chi connectivity index (χ0) is 11.6. The fourth-order valence-electron chi connectivity index (χ4n) is 2.66. The highest BCUT2D eigenvalue weighted by Crippen LogP contribution is 2.26. The van der Waals surface area contributed by atoms with Crippen molar-refractivity contribution in [3.05, 3.63) is 35.4 Å². The smallest absolute Gasteiger partial charge is 0.0240 e. The van der Waals surface area contributed by atoms with E-state index < -0.39 is 0 Å². The van der Waals surface area contributed by atoms with E-state index in [-0.39, 0.29) is 0 Å². The van der Waals surface area contributed by atoms with Crippen LogP contribution in [0.3, 0.4) is 0 Å². The van der Waals surface area contributed by atoms with Gasteiger partial charge in [0.2, 0.25) is 0 Å². The molecule has 0 unspecified atom stereocenters. The van der Waals surface area contributed by atoms with Crippen LogP contribution in [0.5, 0.6) is 0 Å². The van der Waals surface area contributed by atoms with E-state index in [1.807, 2.05) is 7.05 Å². The zero-order valence-electron chi connectivity index (χ0n) is 10.6. The Kier molecular flexibility index (Phi) is 3.31. The van der Waals surface area contributed by atoms with Gasteiger partial charge in [-0.05, 0) is 23.6 Å². The molecule has 0 spiro atoms. The molecule has 2 heteroatoms. The van der Waals surface area contributed by atoms with Gasteiger partial charge in [-0.1, -0.05) is 38.1 Å². The van der Waals surface area contributed by atoms with Gasteiger partial charge in [0.05, 0.1) is 0 Å². The lowest BCUT2D eigenvalue weighted by molar-refractivity contribution is 0.177. The van der Waals surface area contributed by atoms with Crippen LogP contribution in [-0.4, -0.2) is 25.0 Å². The SMILES string of the molecule is CNCC(C)(C)CN1Cc2ccccc2C1. The number of nitrogens with one attached hydrogen (secondary N) is 1. The first kappa shape index (κ1) is 11.6. The number of hydrogen-bond donors (Lipinski definition) is 1. The number of nitrogens with zero attached hydrogens (tertiary/aromatic N) is 1. The molecule has 2 nitrogen and oxygen atoms in total. The molecule has 2 rings (SSSR count). The van der Waals surface area contributed by atoms with Crippen LogP contribution in [0.4, 0.5) is 0 Å². The molecule has 1 aliphatic rings. The minimum absolute atomic E-state index is 0.344. The van der Waals surface area contributed by atoms with Crippen LogP contribution in [0.15, 0.2) is 24.3 Å². The summed E-state index contributed by atoms with van der Waals surface area (Å²) in [6.07, 6.45) is 0. The van der Waals surface area contributed by atoms with Gasteiger partial charge in [-0.3, -0.25) is 4.90 Å². The molecule has 1 heterocycles. The molecule has 0 amide bonds. The van der Waals surface area contributed by atoms with E-state index >= 15 is 0 Å². The van der Waals surface area contributed by atoms with Crippen LogP contribution in [-0.2, 0) is 13.1 Å². The summed E-state index contributed by atoms with van der Waals surface area (Å²) in [5, 5.41) is 3.28. The van der Waals surface area contributed by atoms with Crippen molar-refractivity contribution in [3.8, 4) is 0 Å². The maximum absolute atomic E-state index is 3.28. The predicted molar refractivity (Wildman–Crippen MR) is 68.3 cm³/mol. The van der Waals surface area contributed by atoms with Gasteiger partial charge in [0.15, 0.2) is 0 Å². The van der Waals surface area contributed by atoms with Crippen LogP contribution in [0.1, 0.15) is 25.0 Å². The maximum atomic E-state index is 3.28. The second-order valence-corrected chi connectivity index (χ2v) is 5.61. The van der Waals surface area contributed by atoms with Gasteiger partial charge in [-0.2, -0.15) is 0 Å². The van der Waals surface area contributed by atoms with Gasteiger partial charge in [-0.25, -0.2) is 0 Å². The fourth-order valence-corrected chi connectivity index (χ4v) is 2.66. The average Bonchev–Trinajstić information content (AvgIpc) is 2.58. The molecule has 1 aromatic rings. The summed E-state index contributed by atoms with van der Waals surface area (Å²) in [6, 6.07) is 8.78. The van der Waals surface area contributed by atoms with Crippen molar-refractivity contribution in [2.75, 3.05) is 20.1 Å². The van der Waals surface area contributed by atoms with Crippen molar-refractivity contribution >= 4 is 0 Å². The topological polar surface area (TPSA) is 15.3 Å². The molecular formula is C14H22N2. The Morgan fingerprint density at radius 1 is 1.19 bits per heavy atom. The highest BCUT2D eigenvalue weighted by Gasteiger charge is 2.25. The second kappa shape index (κ2) is 4.56. The standard InChI is InChI=1S/C14H22N2/c1-14(2,10-15-3)11-16-8-12-6-4-5-7-13(12)9-16/h4-7,15H,8-11H2,1-3H3. The largest absolute Gasteiger partial charge is 0.319 e. The Morgan fingerprint density at radius 2 is 1.75 bits per heavy atom. The van der Waals surface area contributed by atoms with Crippen LogP contribution < -0.4 is 5.32 Å². The van der Waals surface area contributed by atoms with Crippen LogP contribution >= 0.6 is 0 Å². The molecule has 0 fully saturated rings. The van der Waals surface area contributed by atoms with Gasteiger partial charge in [0.1, 0.15) is 0 Å². The molecule has 0 aromatic heterocycles. The Morgan fingerprint density at radius 3 is 2.25 bits per heavy atom. The first-order valence-corrected chi connectivity index (χ1v) is 6.04. The van der Waals surface area contributed by atoms with Gasteiger partial charge in [0, 0.05) is 26.2 Å². The Labute approximate surface area is 98.7 Å². The first-order chi connectivity index (χ1) is 7.61. The fraction of sp³-hybridized carbons (Fsp3) is 0.571. The Hall–Kier alpha value is -0.860. The average molecular weight is 218 g/mol. The van der Waals surface area contributed by atoms with E-state index in [4.69, 9.17) is 0 Å². The quantitative estimate of drug-likeness (QED) is 0.834. The van der Waals surface area contributed by atoms with Crippen molar-refractivity contribution in [1.29, 1.82) is 0 Å². The molecule has 1 N–H and O–H groups in total. The van der Waals surface area contributed by atoms with E-state index in [1.165, 1.54) is 11.1 Å². The van der Waals surface area contributed by atoms with Crippen LogP contribution in [0.2, 0.25) is 0 Å². The summed E-state index contributed by atoms with van der Waals surface area (Å²) in [6.45, 7) is 9.11. The summed E-state index contributed by atoms with van der Waals surface area (Å²) in [5.74, 6) is 0. The summed E-state index contributed by atoms with van der Waals surface area (Å²) < 4.78 is 0. The van der Waals surface area contributed by atoms with Crippen molar-refractivity contribution < 1.29 is 0 Å². The Balaban J connectivity index is 1.97. The third-order valence-electron chi connectivity index (χ3n) is 3.21. The molecule has 0 aliphatic carbocycles. The molecule has 0 bridgehead atoms. The highest BCUT2D eigenvalue weighted by molar-refractivity contribution is 5.30. The van der Waals surface area contributed by atoms with E-state index in [1.54, 1.807) is 0 Å². The third kappa shape index (κ3) is 2.63. The summed E-state index contributed by atoms with van der Waals surface area (Å²) in [5.41, 5.74) is 3.35. The maximum Gasteiger partial charge on any atom is 0.0240 e. The lowest BCUT2D eigenvalue weighted by Gasteiger charge is -2.29. The van der Waals surface area contributed by atoms with E-state index in [0.717, 1.165) is 26.2 Å². The van der Waals surface area contributed by atoms with Gasteiger partial charge >= 0.3 is 0 Å². The minimum Gasteiger partial charge on any atom is -0.319 e. The van der Waals surface area contributed by atoms with E-state index in [2.05, 4.69) is 48.3 Å². The summed E-state index contributed by atoms with van der Waals surface area (Å²) in [7, 11) is 2.03. The molecule has 1 aliphatic heterocycles. The van der Waals surface area contributed by atoms with Gasteiger partial charge < -0.3 is 5.32 Å². The molecule has 0 atom stereocenters. The van der Waals surface area contributed by atoms with E-state index in [9.17, 15) is 0 Å². The van der Waals surface area contributed by atoms with Crippen molar-refractivity contribution in [2.45, 2.75) is 26.9 Å².